The molecule has 6 heteroatoms. The molecule has 4 rings (SSSR count). The molecule has 0 saturated carbocycles. The Bertz CT molecular complexity index is 896. The topological polar surface area (TPSA) is 29.8 Å². The Hall–Kier alpha value is -2.31. The number of fused-ring (bicyclic) bond motifs is 1. The summed E-state index contributed by atoms with van der Waals surface area (Å²) in [4.78, 5) is 6.87. The lowest BCUT2D eigenvalue weighted by Crippen LogP contribution is -2.39. The number of nitrogens with zero attached hydrogens (tertiary/aromatic N) is 3. The molecular weight excluding hydrogens is 336 g/mol. The van der Waals surface area contributed by atoms with E-state index in [1.165, 1.54) is 6.07 Å². The summed E-state index contributed by atoms with van der Waals surface area (Å²) in [5, 5.41) is 0. The highest BCUT2D eigenvalue weighted by Crippen LogP contribution is 2.19. The highest BCUT2D eigenvalue weighted by Gasteiger charge is 2.22. The average molecular weight is 357 g/mol. The second-order valence-corrected chi connectivity index (χ2v) is 6.74. The zero-order valence-corrected chi connectivity index (χ0v) is 14.4. The molecular formula is C20H21F2N3O. The van der Waals surface area contributed by atoms with E-state index in [-0.39, 0.29) is 6.10 Å². The molecule has 3 heterocycles. The van der Waals surface area contributed by atoms with Gasteiger partial charge in [-0.15, -0.1) is 0 Å². The van der Waals surface area contributed by atoms with Gasteiger partial charge in [0.2, 0.25) is 0 Å². The molecule has 0 amide bonds. The fourth-order valence-corrected chi connectivity index (χ4v) is 3.47. The number of rotatable bonds is 5. The summed E-state index contributed by atoms with van der Waals surface area (Å²) in [6.45, 7) is 2.90. The van der Waals surface area contributed by atoms with E-state index >= 15 is 0 Å². The fraction of sp³-hybridized carbons (Fsp3) is 0.350. The Kier molecular flexibility index (Phi) is 4.95. The SMILES string of the molecule is Fc1ccc(CO[C@H]2CCCN(Cc3ncn4ccccc34)C2)cc1F. The van der Waals surface area contributed by atoms with Gasteiger partial charge in [-0.05, 0) is 49.2 Å². The Morgan fingerprint density at radius 3 is 2.96 bits per heavy atom. The van der Waals surface area contributed by atoms with E-state index in [1.807, 2.05) is 29.1 Å². The summed E-state index contributed by atoms with van der Waals surface area (Å²) >= 11 is 0. The van der Waals surface area contributed by atoms with Gasteiger partial charge in [-0.1, -0.05) is 12.1 Å². The van der Waals surface area contributed by atoms with Crippen LogP contribution in [0.15, 0.2) is 48.9 Å². The third-order valence-corrected chi connectivity index (χ3v) is 4.83. The van der Waals surface area contributed by atoms with Crippen molar-refractivity contribution in [3.05, 3.63) is 71.8 Å². The quantitative estimate of drug-likeness (QED) is 0.696. The van der Waals surface area contributed by atoms with E-state index in [1.54, 1.807) is 6.07 Å². The van der Waals surface area contributed by atoms with Crippen molar-refractivity contribution in [3.63, 3.8) is 0 Å². The Morgan fingerprint density at radius 1 is 1.15 bits per heavy atom. The number of ether oxygens (including phenoxy) is 1. The third kappa shape index (κ3) is 3.76. The van der Waals surface area contributed by atoms with Gasteiger partial charge in [0.05, 0.1) is 30.2 Å². The van der Waals surface area contributed by atoms with Gasteiger partial charge in [0.1, 0.15) is 0 Å². The van der Waals surface area contributed by atoms with Gasteiger partial charge in [0, 0.05) is 19.3 Å². The molecule has 4 nitrogen and oxygen atoms in total. The maximum atomic E-state index is 13.3. The molecule has 0 unspecified atom stereocenters. The van der Waals surface area contributed by atoms with Crippen LogP contribution < -0.4 is 0 Å². The van der Waals surface area contributed by atoms with Crippen LogP contribution >= 0.6 is 0 Å². The maximum absolute atomic E-state index is 13.3. The lowest BCUT2D eigenvalue weighted by Gasteiger charge is -2.32. The molecule has 0 aliphatic carbocycles. The predicted molar refractivity (Wildman–Crippen MR) is 94.6 cm³/mol. The molecule has 2 aromatic heterocycles. The van der Waals surface area contributed by atoms with Gasteiger partial charge in [0.15, 0.2) is 11.6 Å². The number of imidazole rings is 1. The van der Waals surface area contributed by atoms with Crippen molar-refractivity contribution < 1.29 is 13.5 Å². The van der Waals surface area contributed by atoms with Gasteiger partial charge in [0.25, 0.3) is 0 Å². The van der Waals surface area contributed by atoms with Crippen LogP contribution in [0.4, 0.5) is 8.78 Å². The van der Waals surface area contributed by atoms with E-state index in [0.717, 1.165) is 49.8 Å². The summed E-state index contributed by atoms with van der Waals surface area (Å²) in [7, 11) is 0. The predicted octanol–water partition coefficient (Wildman–Crippen LogP) is 3.79. The minimum absolute atomic E-state index is 0.0887. The Labute approximate surface area is 151 Å². The number of halogens is 2. The first-order valence-electron chi connectivity index (χ1n) is 8.87. The van der Waals surface area contributed by atoms with Gasteiger partial charge in [-0.25, -0.2) is 13.8 Å². The molecule has 3 aromatic rings. The van der Waals surface area contributed by atoms with E-state index < -0.39 is 11.6 Å². The maximum Gasteiger partial charge on any atom is 0.159 e. The first-order valence-corrected chi connectivity index (χ1v) is 8.87. The van der Waals surface area contributed by atoms with Crippen molar-refractivity contribution >= 4 is 5.52 Å². The van der Waals surface area contributed by atoms with Gasteiger partial charge in [-0.2, -0.15) is 0 Å². The summed E-state index contributed by atoms with van der Waals surface area (Å²) in [6.07, 6.45) is 5.95. The fourth-order valence-electron chi connectivity index (χ4n) is 3.47. The van der Waals surface area contributed by atoms with E-state index in [9.17, 15) is 8.78 Å². The molecule has 26 heavy (non-hydrogen) atoms. The van der Waals surface area contributed by atoms with Crippen molar-refractivity contribution in [2.45, 2.75) is 32.1 Å². The number of aromatic nitrogens is 2. The molecule has 136 valence electrons. The van der Waals surface area contributed by atoms with Crippen molar-refractivity contribution in [2.75, 3.05) is 13.1 Å². The monoisotopic (exact) mass is 357 g/mol. The number of hydrogen-bond acceptors (Lipinski definition) is 3. The minimum atomic E-state index is -0.831. The van der Waals surface area contributed by atoms with Gasteiger partial charge < -0.3 is 9.14 Å². The van der Waals surface area contributed by atoms with Crippen LogP contribution in [-0.2, 0) is 17.9 Å². The molecule has 1 aliphatic heterocycles. The van der Waals surface area contributed by atoms with Crippen molar-refractivity contribution in [3.8, 4) is 0 Å². The smallest absolute Gasteiger partial charge is 0.159 e. The molecule has 1 atom stereocenters. The van der Waals surface area contributed by atoms with E-state index in [0.29, 0.717) is 12.2 Å². The zero-order valence-electron chi connectivity index (χ0n) is 14.4. The molecule has 1 aliphatic rings. The standard InChI is InChI=1S/C20H21F2N3O/c21-17-7-6-15(10-18(17)22)13-26-16-4-3-8-24(11-16)12-19-20-5-1-2-9-25(20)14-23-19/h1-2,5-7,9-10,14,16H,3-4,8,11-13H2/t16-/m0/s1. The molecule has 1 aromatic carbocycles. The normalized spacial score (nSPS) is 18.5. The summed E-state index contributed by atoms with van der Waals surface area (Å²) in [5.41, 5.74) is 2.84. The number of pyridine rings is 1. The van der Waals surface area contributed by atoms with E-state index in [2.05, 4.69) is 16.0 Å². The number of likely N-dealkylation sites (tertiary alicyclic amines) is 1. The largest absolute Gasteiger partial charge is 0.372 e. The third-order valence-electron chi connectivity index (χ3n) is 4.83. The van der Waals surface area contributed by atoms with Crippen LogP contribution in [0.5, 0.6) is 0 Å². The average Bonchev–Trinajstić information content (AvgIpc) is 3.06. The number of hydrogen-bond donors (Lipinski definition) is 0. The number of benzene rings is 1. The Balaban J connectivity index is 1.36. The number of piperidine rings is 1. The lowest BCUT2D eigenvalue weighted by molar-refractivity contribution is -0.0123. The van der Waals surface area contributed by atoms with E-state index in [4.69, 9.17) is 4.74 Å². The summed E-state index contributed by atoms with van der Waals surface area (Å²) < 4.78 is 34.3. The van der Waals surface area contributed by atoms with Crippen LogP contribution in [0.1, 0.15) is 24.1 Å². The second-order valence-electron chi connectivity index (χ2n) is 6.74. The molecule has 0 radical (unpaired) electrons. The van der Waals surface area contributed by atoms with Crippen LogP contribution in [0, 0.1) is 11.6 Å². The van der Waals surface area contributed by atoms with Gasteiger partial charge in [-0.3, -0.25) is 4.90 Å². The second kappa shape index (κ2) is 7.51. The zero-order chi connectivity index (χ0) is 17.9. The summed E-state index contributed by atoms with van der Waals surface area (Å²) in [5.74, 6) is -1.66. The minimum Gasteiger partial charge on any atom is -0.372 e. The van der Waals surface area contributed by atoms with Crippen LogP contribution in [0.2, 0.25) is 0 Å². The van der Waals surface area contributed by atoms with Crippen molar-refractivity contribution in [1.29, 1.82) is 0 Å². The molecule has 1 fully saturated rings. The Morgan fingerprint density at radius 2 is 2.08 bits per heavy atom. The molecule has 1 saturated heterocycles. The van der Waals surface area contributed by atoms with Crippen molar-refractivity contribution in [1.82, 2.24) is 14.3 Å². The van der Waals surface area contributed by atoms with Gasteiger partial charge >= 0.3 is 0 Å². The highest BCUT2D eigenvalue weighted by molar-refractivity contribution is 5.51. The molecule has 0 N–H and O–H groups in total. The molecule has 0 spiro atoms. The highest BCUT2D eigenvalue weighted by atomic mass is 19.2. The van der Waals surface area contributed by atoms with Crippen LogP contribution in [-0.4, -0.2) is 33.5 Å². The molecule has 0 bridgehead atoms. The first-order chi connectivity index (χ1) is 12.7. The van der Waals surface area contributed by atoms with Crippen LogP contribution in [0.3, 0.4) is 0 Å². The summed E-state index contributed by atoms with van der Waals surface area (Å²) in [6, 6.07) is 9.99. The lowest BCUT2D eigenvalue weighted by atomic mass is 10.1. The first kappa shape index (κ1) is 17.1. The van der Waals surface area contributed by atoms with Crippen LogP contribution in [0.25, 0.3) is 5.52 Å². The van der Waals surface area contributed by atoms with Crippen molar-refractivity contribution in [2.24, 2.45) is 0 Å².